The van der Waals surface area contributed by atoms with Gasteiger partial charge in [0.1, 0.15) is 39.5 Å². The Kier molecular flexibility index (Phi) is 16.7. The lowest BCUT2D eigenvalue weighted by Gasteiger charge is -2.43. The lowest BCUT2D eigenvalue weighted by molar-refractivity contribution is -0.131. The largest absolute Gasteiger partial charge is 0.444 e. The van der Waals surface area contributed by atoms with E-state index in [4.69, 9.17) is 41.9 Å². The quantitative estimate of drug-likeness (QED) is 0.0532. The minimum Gasteiger partial charge on any atom is -0.444 e. The lowest BCUT2D eigenvalue weighted by Crippen LogP contribution is -2.52. The smallest absolute Gasteiger partial charge is 0.408 e. The lowest BCUT2D eigenvalue weighted by atomic mass is 9.72. The van der Waals surface area contributed by atoms with E-state index in [1.807, 2.05) is 151 Å². The van der Waals surface area contributed by atoms with Gasteiger partial charge in [-0.05, 0) is 195 Å². The molecule has 3 amide bonds. The molecule has 452 valence electrons. The first-order valence-corrected chi connectivity index (χ1v) is 28.9. The van der Waals surface area contributed by atoms with Crippen LogP contribution in [0.1, 0.15) is 98.1 Å². The van der Waals surface area contributed by atoms with Crippen LogP contribution in [0.25, 0.3) is 79.0 Å². The van der Waals surface area contributed by atoms with Crippen LogP contribution in [-0.4, -0.2) is 84.0 Å². The van der Waals surface area contributed by atoms with Gasteiger partial charge in [-0.1, -0.05) is 48.5 Å². The number of aromatic nitrogens is 8. The zero-order chi connectivity index (χ0) is 61.6. The van der Waals surface area contributed by atoms with Crippen molar-refractivity contribution < 1.29 is 29.3 Å². The molecule has 88 heavy (non-hydrogen) atoms. The molecule has 2 aliphatic rings. The Morgan fingerprint density at radius 2 is 0.977 bits per heavy atom. The topological polar surface area (TPSA) is 302 Å². The van der Waals surface area contributed by atoms with Crippen LogP contribution in [0, 0.1) is 0 Å². The van der Waals surface area contributed by atoms with Crippen molar-refractivity contribution in [2.75, 3.05) is 22.1 Å². The van der Waals surface area contributed by atoms with Crippen LogP contribution in [-0.2, 0) is 25.4 Å². The standard InChI is InChI=1S/C36H39N7O4.C31H31N7O2.ClH/c1-34(2,3)47-33(45)42-36(18-8-19-36)23-12-14-25(15-13-23)43-30(26-11-7-20-38-29(26)37)41-28-17-16-27(40-31(28)43)22-9-6-10-24(21-22)39-32(44)35(4,5)46;1-30(2,40)29(39)35-21-7-3-6-19(18-21)24-13-14-25-28(36-24)38(27(37-25)23-8-4-17-34-26(23)32)22-11-9-20(10-12-22)31(33)15-5-16-31;/h6-7,9-17,20-21,46H,8,18-19H2,1-5H3,(H2,37,38)(H,39,44)(H,42,45);3-4,6-14,17-18,40H,5,15-16,33H2,1-2H3,(H2,32,34)(H,35,39);1H. The van der Waals surface area contributed by atoms with Crippen LogP contribution in [0.4, 0.5) is 27.8 Å². The van der Waals surface area contributed by atoms with Crippen molar-refractivity contribution in [1.82, 2.24) is 44.4 Å². The van der Waals surface area contributed by atoms with Gasteiger partial charge >= 0.3 is 6.09 Å². The zero-order valence-corrected chi connectivity index (χ0v) is 50.8. The molecule has 6 aromatic heterocycles. The maximum atomic E-state index is 12.7. The molecule has 0 atom stereocenters. The minimum atomic E-state index is -1.52. The van der Waals surface area contributed by atoms with E-state index in [0.717, 1.165) is 72.2 Å². The maximum Gasteiger partial charge on any atom is 0.408 e. The summed E-state index contributed by atoms with van der Waals surface area (Å²) >= 11 is 0. The SMILES string of the molecule is CC(C)(C)OC(=O)NC1(c2ccc(-n3c(-c4cccnc4N)nc4ccc(-c5cccc(NC(=O)C(C)(C)O)c5)nc43)cc2)CCC1.CC(C)(O)C(=O)Nc1cccc(-c2ccc3nc(-c4cccnc4N)n(-c4ccc(C5(N)CCC5)cc4)c3n2)c1.Cl. The molecule has 2 aliphatic carbocycles. The van der Waals surface area contributed by atoms with Gasteiger partial charge in [0.2, 0.25) is 0 Å². The number of hydrogen-bond acceptors (Lipinski definition) is 15. The summed E-state index contributed by atoms with van der Waals surface area (Å²) in [6.45, 7) is 11.3. The summed E-state index contributed by atoms with van der Waals surface area (Å²) in [5.74, 6) is 0.931. The summed E-state index contributed by atoms with van der Waals surface area (Å²) in [6.07, 6.45) is 8.60. The number of carbonyl (C=O) groups excluding carboxylic acids is 3. The van der Waals surface area contributed by atoms with E-state index in [1.54, 1.807) is 24.5 Å². The van der Waals surface area contributed by atoms with Crippen LogP contribution >= 0.6 is 12.4 Å². The molecule has 0 radical (unpaired) electrons. The summed E-state index contributed by atoms with van der Waals surface area (Å²) < 4.78 is 9.50. The first kappa shape index (κ1) is 61.5. The van der Waals surface area contributed by atoms with Crippen molar-refractivity contribution in [3.05, 3.63) is 169 Å². The summed E-state index contributed by atoms with van der Waals surface area (Å²) in [6, 6.07) is 45.9. The van der Waals surface area contributed by atoms with E-state index in [-0.39, 0.29) is 17.9 Å². The second-order valence-electron chi connectivity index (χ2n) is 24.3. The number of anilines is 4. The molecule has 0 spiro atoms. The Labute approximate surface area is 515 Å². The molecule has 6 heterocycles. The van der Waals surface area contributed by atoms with E-state index < -0.39 is 40.2 Å². The van der Waals surface area contributed by atoms with Crippen molar-refractivity contribution in [3.63, 3.8) is 0 Å². The number of nitrogens with zero attached hydrogens (tertiary/aromatic N) is 8. The van der Waals surface area contributed by atoms with Gasteiger partial charge in [0.05, 0.1) is 28.1 Å². The fourth-order valence-corrected chi connectivity index (χ4v) is 10.6. The van der Waals surface area contributed by atoms with E-state index >= 15 is 0 Å². The van der Waals surface area contributed by atoms with E-state index in [1.165, 1.54) is 27.7 Å². The molecule has 0 saturated heterocycles. The van der Waals surface area contributed by atoms with Gasteiger partial charge in [-0.3, -0.25) is 18.7 Å². The van der Waals surface area contributed by atoms with Gasteiger partial charge in [0, 0.05) is 51.8 Å². The number of alkyl carbamates (subject to hydrolysis) is 1. The van der Waals surface area contributed by atoms with Gasteiger partial charge in [0.15, 0.2) is 22.9 Å². The first-order valence-electron chi connectivity index (χ1n) is 28.9. The molecule has 0 unspecified atom stereocenters. The van der Waals surface area contributed by atoms with Crippen LogP contribution in [0.15, 0.2) is 158 Å². The third kappa shape index (κ3) is 12.8. The van der Waals surface area contributed by atoms with E-state index in [9.17, 15) is 24.6 Å². The van der Waals surface area contributed by atoms with Crippen molar-refractivity contribution in [3.8, 4) is 56.7 Å². The van der Waals surface area contributed by atoms with Gasteiger partial charge in [-0.25, -0.2) is 34.7 Å². The minimum absolute atomic E-state index is 0. The number of ether oxygens (including phenoxy) is 1. The molecule has 0 bridgehead atoms. The van der Waals surface area contributed by atoms with Gasteiger partial charge in [0.25, 0.3) is 11.8 Å². The van der Waals surface area contributed by atoms with Crippen molar-refractivity contribution in [1.29, 1.82) is 0 Å². The van der Waals surface area contributed by atoms with Gasteiger partial charge in [-0.15, -0.1) is 12.4 Å². The molecule has 2 saturated carbocycles. The predicted octanol–water partition coefficient (Wildman–Crippen LogP) is 11.5. The third-order valence-electron chi connectivity index (χ3n) is 15.7. The van der Waals surface area contributed by atoms with Gasteiger partial charge < -0.3 is 48.1 Å². The number of nitrogens with one attached hydrogen (secondary N) is 3. The highest BCUT2D eigenvalue weighted by Crippen LogP contribution is 2.43. The predicted molar refractivity (Wildman–Crippen MR) is 346 cm³/mol. The van der Waals surface area contributed by atoms with Gasteiger partial charge in [-0.2, -0.15) is 0 Å². The third-order valence-corrected chi connectivity index (χ3v) is 15.7. The summed E-state index contributed by atoms with van der Waals surface area (Å²) in [5.41, 5.74) is 26.6. The number of halogens is 1. The van der Waals surface area contributed by atoms with E-state index in [2.05, 4.69) is 38.1 Å². The second-order valence-corrected chi connectivity index (χ2v) is 24.3. The number of carbonyl (C=O) groups is 3. The van der Waals surface area contributed by atoms with Crippen molar-refractivity contribution >= 4 is 75.7 Å². The Hall–Kier alpha value is -9.60. The zero-order valence-electron chi connectivity index (χ0n) is 50.0. The number of imidazole rings is 2. The number of rotatable bonds is 13. The molecule has 4 aromatic carbocycles. The number of nitrogen functional groups attached to an aromatic ring is 2. The highest BCUT2D eigenvalue weighted by Gasteiger charge is 2.41. The normalized spacial score (nSPS) is 14.3. The average molecular weight is 1200 g/mol. The number of hydrogen-bond donors (Lipinski definition) is 8. The molecule has 21 heteroatoms. The summed E-state index contributed by atoms with van der Waals surface area (Å²) in [7, 11) is 0. The van der Waals surface area contributed by atoms with Crippen molar-refractivity contribution in [2.45, 2.75) is 115 Å². The number of aliphatic hydroxyl groups is 2. The highest BCUT2D eigenvalue weighted by atomic mass is 35.5. The summed E-state index contributed by atoms with van der Waals surface area (Å²) in [4.78, 5) is 65.9. The molecule has 12 rings (SSSR count). The first-order chi connectivity index (χ1) is 41.3. The fraction of sp³-hybridized carbons (Fsp3) is 0.269. The number of pyridine rings is 4. The molecule has 20 nitrogen and oxygen atoms in total. The van der Waals surface area contributed by atoms with Crippen molar-refractivity contribution in [2.24, 2.45) is 5.73 Å². The Morgan fingerprint density at radius 3 is 1.35 bits per heavy atom. The highest BCUT2D eigenvalue weighted by molar-refractivity contribution is 5.98. The van der Waals surface area contributed by atoms with Crippen LogP contribution < -0.4 is 33.2 Å². The van der Waals surface area contributed by atoms with Crippen LogP contribution in [0.5, 0.6) is 0 Å². The molecular formula is C67H71ClN14O6. The second kappa shape index (κ2) is 23.9. The fourth-order valence-electron chi connectivity index (χ4n) is 10.6. The Bertz CT molecular complexity index is 4250. The molecular weight excluding hydrogens is 1130 g/mol. The molecule has 11 N–H and O–H groups in total. The number of nitrogens with two attached hydrogens (primary N) is 3. The monoisotopic (exact) mass is 1200 g/mol. The summed E-state index contributed by atoms with van der Waals surface area (Å²) in [5, 5.41) is 28.8. The number of fused-ring (bicyclic) bond motifs is 2. The van der Waals surface area contributed by atoms with E-state index in [0.29, 0.717) is 79.5 Å². The number of benzene rings is 4. The Balaban J connectivity index is 0.000000195. The molecule has 10 aromatic rings. The number of amides is 3. The average Bonchev–Trinajstić information content (AvgIpc) is 1.67. The molecule has 0 aliphatic heterocycles. The maximum absolute atomic E-state index is 12.7. The molecule has 2 fully saturated rings. The van der Waals surface area contributed by atoms with Crippen LogP contribution in [0.2, 0.25) is 0 Å². The Morgan fingerprint density at radius 1 is 0.545 bits per heavy atom. The van der Waals surface area contributed by atoms with Crippen LogP contribution in [0.3, 0.4) is 0 Å².